The number of hydrogen-bond acceptors (Lipinski definition) is 5. The van der Waals surface area contributed by atoms with Gasteiger partial charge < -0.3 is 30.3 Å². The first-order chi connectivity index (χ1) is 15.2. The van der Waals surface area contributed by atoms with Gasteiger partial charge in [0.05, 0.1) is 6.04 Å². The molecule has 32 heavy (non-hydrogen) atoms. The number of guanidine groups is 1. The van der Waals surface area contributed by atoms with Crippen molar-refractivity contribution in [2.45, 2.75) is 57.7 Å². The predicted octanol–water partition coefficient (Wildman–Crippen LogP) is 1.67. The van der Waals surface area contributed by atoms with Gasteiger partial charge in [-0.15, -0.1) is 0 Å². The lowest BCUT2D eigenvalue weighted by Crippen LogP contribution is -2.63. The Morgan fingerprint density at radius 1 is 1.09 bits per heavy atom. The van der Waals surface area contributed by atoms with E-state index in [-0.39, 0.29) is 24.6 Å². The predicted molar refractivity (Wildman–Crippen MR) is 123 cm³/mol. The summed E-state index contributed by atoms with van der Waals surface area (Å²) in [6.45, 7) is 7.54. The van der Waals surface area contributed by atoms with Crippen LogP contribution in [0.1, 0.15) is 39.2 Å². The Morgan fingerprint density at radius 3 is 2.38 bits per heavy atom. The summed E-state index contributed by atoms with van der Waals surface area (Å²) < 4.78 is 10.9. The van der Waals surface area contributed by atoms with Crippen LogP contribution in [-0.4, -0.2) is 73.8 Å². The van der Waals surface area contributed by atoms with E-state index < -0.39 is 5.60 Å². The number of nitrogens with zero attached hydrogens (tertiary/aromatic N) is 2. The van der Waals surface area contributed by atoms with Gasteiger partial charge in [-0.05, 0) is 57.7 Å². The zero-order chi connectivity index (χ0) is 23.1. The van der Waals surface area contributed by atoms with Crippen LogP contribution >= 0.6 is 0 Å². The molecule has 0 unspecified atom stereocenters. The van der Waals surface area contributed by atoms with Gasteiger partial charge in [0.15, 0.2) is 12.6 Å². The van der Waals surface area contributed by atoms with E-state index in [2.05, 4.69) is 20.9 Å². The lowest BCUT2D eigenvalue weighted by Gasteiger charge is -2.40. The first kappa shape index (κ1) is 23.7. The fourth-order valence-electron chi connectivity index (χ4n) is 3.16. The van der Waals surface area contributed by atoms with Gasteiger partial charge in [-0.3, -0.25) is 9.79 Å². The topological polar surface area (TPSA) is 104 Å². The lowest BCUT2D eigenvalue weighted by molar-refractivity contribution is -0.123. The van der Waals surface area contributed by atoms with Crippen LogP contribution in [0.5, 0.6) is 5.75 Å². The summed E-state index contributed by atoms with van der Waals surface area (Å²) in [6.07, 6.45) is 2.67. The summed E-state index contributed by atoms with van der Waals surface area (Å²) in [5.41, 5.74) is 0.671. The SMILES string of the molecule is CN=C(NCCc1ccc(OCC(=O)NC2CC2)cc1)NC1CN(C(=O)OC(C)(C)C)C1. The van der Waals surface area contributed by atoms with Crippen LogP contribution in [0.3, 0.4) is 0 Å². The second-order valence-corrected chi connectivity index (χ2v) is 9.25. The number of carbonyl (C=O) groups excluding carboxylic acids is 2. The van der Waals surface area contributed by atoms with Crippen molar-refractivity contribution in [3.05, 3.63) is 29.8 Å². The standard InChI is InChI=1S/C23H35N5O4/c1-23(2,3)32-22(30)28-13-18(14-28)27-21(24-4)25-12-11-16-5-9-19(10-6-16)31-15-20(29)26-17-7-8-17/h5-6,9-10,17-18H,7-8,11-15H2,1-4H3,(H,26,29)(H2,24,25,27). The number of aliphatic imine (C=N–C) groups is 1. The quantitative estimate of drug-likeness (QED) is 0.415. The number of hydrogen-bond donors (Lipinski definition) is 3. The van der Waals surface area contributed by atoms with Gasteiger partial charge in [-0.2, -0.15) is 0 Å². The van der Waals surface area contributed by atoms with Crippen LogP contribution < -0.4 is 20.7 Å². The summed E-state index contributed by atoms with van der Waals surface area (Å²) in [7, 11) is 1.73. The van der Waals surface area contributed by atoms with Crippen LogP contribution in [0, 0.1) is 0 Å². The van der Waals surface area contributed by atoms with Gasteiger partial charge >= 0.3 is 6.09 Å². The minimum absolute atomic E-state index is 0.0475. The Bertz CT molecular complexity index is 809. The van der Waals surface area contributed by atoms with Gasteiger partial charge in [0.1, 0.15) is 11.4 Å². The maximum atomic E-state index is 12.0. The molecule has 1 aliphatic carbocycles. The molecule has 1 aromatic rings. The molecule has 0 radical (unpaired) electrons. The largest absolute Gasteiger partial charge is 0.484 e. The van der Waals surface area contributed by atoms with Crippen molar-refractivity contribution >= 4 is 18.0 Å². The van der Waals surface area contributed by atoms with E-state index in [0.717, 1.165) is 24.8 Å². The average molecular weight is 446 g/mol. The molecule has 1 saturated heterocycles. The molecule has 1 aliphatic heterocycles. The Kier molecular flexibility index (Phi) is 7.82. The molecule has 0 spiro atoms. The summed E-state index contributed by atoms with van der Waals surface area (Å²) >= 11 is 0. The van der Waals surface area contributed by atoms with Gasteiger partial charge in [0, 0.05) is 32.7 Å². The highest BCUT2D eigenvalue weighted by Crippen LogP contribution is 2.18. The second kappa shape index (κ2) is 10.6. The van der Waals surface area contributed by atoms with Crippen LogP contribution in [0.15, 0.2) is 29.3 Å². The normalized spacial score (nSPS) is 16.8. The second-order valence-electron chi connectivity index (χ2n) is 9.25. The number of ether oxygens (including phenoxy) is 2. The van der Waals surface area contributed by atoms with Crippen molar-refractivity contribution < 1.29 is 19.1 Å². The molecule has 2 fully saturated rings. The molecular formula is C23H35N5O4. The Morgan fingerprint density at radius 2 is 1.78 bits per heavy atom. The Hall–Kier alpha value is -2.97. The molecule has 0 aromatic heterocycles. The molecule has 3 rings (SSSR count). The van der Waals surface area contributed by atoms with Crippen molar-refractivity contribution in [2.75, 3.05) is 33.3 Å². The fourth-order valence-corrected chi connectivity index (χ4v) is 3.16. The number of benzene rings is 1. The number of rotatable bonds is 8. The third-order valence-electron chi connectivity index (χ3n) is 5.04. The number of amides is 2. The monoisotopic (exact) mass is 445 g/mol. The molecule has 0 bridgehead atoms. The van der Waals surface area contributed by atoms with Gasteiger partial charge in [-0.1, -0.05) is 12.1 Å². The van der Waals surface area contributed by atoms with E-state index in [1.807, 2.05) is 45.0 Å². The van der Waals surface area contributed by atoms with Crippen molar-refractivity contribution in [2.24, 2.45) is 4.99 Å². The summed E-state index contributed by atoms with van der Waals surface area (Å²) in [5.74, 6) is 1.32. The van der Waals surface area contributed by atoms with Crippen LogP contribution in [-0.2, 0) is 16.0 Å². The Balaban J connectivity index is 1.31. The van der Waals surface area contributed by atoms with E-state index in [0.29, 0.717) is 37.4 Å². The molecule has 9 nitrogen and oxygen atoms in total. The minimum atomic E-state index is -0.484. The van der Waals surface area contributed by atoms with E-state index in [4.69, 9.17) is 9.47 Å². The number of likely N-dealkylation sites (tertiary alicyclic amines) is 1. The Labute approximate surface area is 189 Å². The van der Waals surface area contributed by atoms with Crippen molar-refractivity contribution in [1.29, 1.82) is 0 Å². The highest BCUT2D eigenvalue weighted by Gasteiger charge is 2.34. The fraction of sp³-hybridized carbons (Fsp3) is 0.609. The number of nitrogens with one attached hydrogen (secondary N) is 3. The number of carbonyl (C=O) groups is 2. The highest BCUT2D eigenvalue weighted by molar-refractivity contribution is 5.80. The third kappa shape index (κ3) is 7.94. The first-order valence-corrected chi connectivity index (χ1v) is 11.2. The molecule has 2 amide bonds. The van der Waals surface area contributed by atoms with E-state index in [1.165, 1.54) is 0 Å². The van der Waals surface area contributed by atoms with Crippen LogP contribution in [0.25, 0.3) is 0 Å². The van der Waals surface area contributed by atoms with E-state index >= 15 is 0 Å². The first-order valence-electron chi connectivity index (χ1n) is 11.2. The molecule has 2 aliphatic rings. The van der Waals surface area contributed by atoms with Gasteiger partial charge in [0.25, 0.3) is 5.91 Å². The molecule has 1 aromatic carbocycles. The molecule has 176 valence electrons. The third-order valence-corrected chi connectivity index (χ3v) is 5.04. The zero-order valence-electron chi connectivity index (χ0n) is 19.4. The molecule has 1 saturated carbocycles. The molecule has 3 N–H and O–H groups in total. The lowest BCUT2D eigenvalue weighted by atomic mass is 10.1. The van der Waals surface area contributed by atoms with E-state index in [1.54, 1.807) is 11.9 Å². The van der Waals surface area contributed by atoms with Crippen molar-refractivity contribution in [3.8, 4) is 5.75 Å². The molecule has 1 heterocycles. The summed E-state index contributed by atoms with van der Waals surface area (Å²) in [4.78, 5) is 29.6. The van der Waals surface area contributed by atoms with Gasteiger partial charge in [0.2, 0.25) is 0 Å². The summed E-state index contributed by atoms with van der Waals surface area (Å²) in [5, 5.41) is 9.52. The van der Waals surface area contributed by atoms with Crippen LogP contribution in [0.4, 0.5) is 4.79 Å². The molecular weight excluding hydrogens is 410 g/mol. The molecule has 0 atom stereocenters. The highest BCUT2D eigenvalue weighted by atomic mass is 16.6. The van der Waals surface area contributed by atoms with Crippen molar-refractivity contribution in [1.82, 2.24) is 20.9 Å². The maximum absolute atomic E-state index is 12.0. The average Bonchev–Trinajstić information content (AvgIpc) is 3.50. The van der Waals surface area contributed by atoms with Crippen LogP contribution in [0.2, 0.25) is 0 Å². The molecule has 9 heteroatoms. The van der Waals surface area contributed by atoms with Gasteiger partial charge in [-0.25, -0.2) is 4.79 Å². The minimum Gasteiger partial charge on any atom is -0.484 e. The smallest absolute Gasteiger partial charge is 0.410 e. The van der Waals surface area contributed by atoms with E-state index in [9.17, 15) is 9.59 Å². The maximum Gasteiger partial charge on any atom is 0.410 e. The zero-order valence-corrected chi connectivity index (χ0v) is 19.4. The van der Waals surface area contributed by atoms with Crippen molar-refractivity contribution in [3.63, 3.8) is 0 Å². The summed E-state index contributed by atoms with van der Waals surface area (Å²) in [6, 6.07) is 8.26.